The summed E-state index contributed by atoms with van der Waals surface area (Å²) < 4.78 is 5.11. The van der Waals surface area contributed by atoms with E-state index in [1.54, 1.807) is 6.07 Å². The maximum atomic E-state index is 11.4. The van der Waals surface area contributed by atoms with Crippen LogP contribution < -0.4 is 5.32 Å². The smallest absolute Gasteiger partial charge is 0.247 e. The van der Waals surface area contributed by atoms with Gasteiger partial charge >= 0.3 is 0 Å². The molecule has 0 spiro atoms. The van der Waals surface area contributed by atoms with E-state index in [1.165, 1.54) is 6.39 Å². The Morgan fingerprint density at radius 2 is 2.33 bits per heavy atom. The number of amides is 1. The molecule has 0 aliphatic carbocycles. The van der Waals surface area contributed by atoms with Crippen LogP contribution >= 0.6 is 11.6 Å². The summed E-state index contributed by atoms with van der Waals surface area (Å²) in [5.41, 5.74) is 2.50. The van der Waals surface area contributed by atoms with Gasteiger partial charge in [-0.05, 0) is 30.7 Å². The van der Waals surface area contributed by atoms with Gasteiger partial charge in [-0.1, -0.05) is 0 Å². The Hall–Kier alpha value is -1.88. The first-order valence-corrected chi connectivity index (χ1v) is 5.97. The van der Waals surface area contributed by atoms with E-state index in [4.69, 9.17) is 16.0 Å². The van der Waals surface area contributed by atoms with Gasteiger partial charge in [-0.25, -0.2) is 0 Å². The number of anilines is 1. The minimum atomic E-state index is -0.0985. The molecule has 0 atom stereocenters. The molecule has 0 radical (unpaired) electrons. The van der Waals surface area contributed by atoms with E-state index in [2.05, 4.69) is 15.5 Å². The van der Waals surface area contributed by atoms with E-state index in [-0.39, 0.29) is 5.91 Å². The van der Waals surface area contributed by atoms with Crippen molar-refractivity contribution in [2.45, 2.75) is 13.3 Å². The van der Waals surface area contributed by atoms with Crippen LogP contribution in [0.5, 0.6) is 0 Å². The van der Waals surface area contributed by atoms with Gasteiger partial charge in [0.05, 0.1) is 0 Å². The van der Waals surface area contributed by atoms with E-state index >= 15 is 0 Å². The lowest BCUT2D eigenvalue weighted by molar-refractivity contribution is -0.115. The van der Waals surface area contributed by atoms with Crippen LogP contribution in [0.25, 0.3) is 11.5 Å². The van der Waals surface area contributed by atoms with Crippen molar-refractivity contribution in [3.63, 3.8) is 0 Å². The van der Waals surface area contributed by atoms with Crippen LogP contribution in [-0.4, -0.2) is 22.0 Å². The van der Waals surface area contributed by atoms with Crippen molar-refractivity contribution in [3.05, 3.63) is 30.2 Å². The highest BCUT2D eigenvalue weighted by Crippen LogP contribution is 2.23. The second-order valence-corrected chi connectivity index (χ2v) is 4.14. The van der Waals surface area contributed by atoms with Gasteiger partial charge in [-0.15, -0.1) is 21.8 Å². The summed E-state index contributed by atoms with van der Waals surface area (Å²) in [7, 11) is 0. The minimum absolute atomic E-state index is 0.0985. The molecule has 2 aromatic rings. The zero-order valence-corrected chi connectivity index (χ0v) is 10.6. The lowest BCUT2D eigenvalue weighted by Crippen LogP contribution is -2.12. The van der Waals surface area contributed by atoms with Crippen molar-refractivity contribution in [3.8, 4) is 11.5 Å². The summed E-state index contributed by atoms with van der Waals surface area (Å²) in [6.45, 7) is 1.90. The number of halogens is 1. The molecule has 0 saturated heterocycles. The zero-order chi connectivity index (χ0) is 13.0. The third-order valence-electron chi connectivity index (χ3n) is 2.43. The highest BCUT2D eigenvalue weighted by atomic mass is 35.5. The van der Waals surface area contributed by atoms with E-state index in [0.717, 1.165) is 16.8 Å². The number of hydrogen-bond donors (Lipinski definition) is 1. The number of nitrogens with zero attached hydrogens (tertiary/aromatic N) is 2. The largest absolute Gasteiger partial charge is 0.423 e. The normalized spacial score (nSPS) is 10.3. The van der Waals surface area contributed by atoms with Crippen molar-refractivity contribution in [2.75, 3.05) is 11.2 Å². The van der Waals surface area contributed by atoms with Crippen molar-refractivity contribution in [1.82, 2.24) is 10.2 Å². The van der Waals surface area contributed by atoms with E-state index in [0.29, 0.717) is 18.2 Å². The van der Waals surface area contributed by atoms with Crippen molar-refractivity contribution in [1.29, 1.82) is 0 Å². The van der Waals surface area contributed by atoms with Crippen LogP contribution in [0, 0.1) is 6.92 Å². The lowest BCUT2D eigenvalue weighted by Gasteiger charge is -2.08. The summed E-state index contributed by atoms with van der Waals surface area (Å²) in [5, 5.41) is 10.2. The van der Waals surface area contributed by atoms with Gasteiger partial charge in [-0.3, -0.25) is 4.79 Å². The number of aromatic nitrogens is 2. The van der Waals surface area contributed by atoms with E-state index in [1.807, 2.05) is 19.1 Å². The highest BCUT2D eigenvalue weighted by molar-refractivity contribution is 6.19. The molecule has 1 N–H and O–H groups in total. The van der Waals surface area contributed by atoms with Crippen molar-refractivity contribution < 1.29 is 9.21 Å². The molecule has 94 valence electrons. The monoisotopic (exact) mass is 265 g/mol. The van der Waals surface area contributed by atoms with E-state index < -0.39 is 0 Å². The highest BCUT2D eigenvalue weighted by Gasteiger charge is 2.08. The van der Waals surface area contributed by atoms with E-state index in [9.17, 15) is 4.79 Å². The predicted molar refractivity (Wildman–Crippen MR) is 68.4 cm³/mol. The zero-order valence-electron chi connectivity index (χ0n) is 9.81. The quantitative estimate of drug-likeness (QED) is 0.863. The van der Waals surface area contributed by atoms with Gasteiger partial charge in [0.15, 0.2) is 0 Å². The third kappa shape index (κ3) is 2.87. The SMILES string of the molecule is Cc1cc(-c2nnco2)ccc1NC(=O)CCCl. The van der Waals surface area contributed by atoms with Crippen LogP contribution in [0.15, 0.2) is 29.0 Å². The second-order valence-electron chi connectivity index (χ2n) is 3.76. The Balaban J connectivity index is 2.18. The second kappa shape index (κ2) is 5.64. The molecule has 0 aliphatic rings. The topological polar surface area (TPSA) is 68.0 Å². The maximum Gasteiger partial charge on any atom is 0.247 e. The molecule has 2 rings (SSSR count). The molecular weight excluding hydrogens is 254 g/mol. The van der Waals surface area contributed by atoms with Crippen LogP contribution in [0.1, 0.15) is 12.0 Å². The number of benzene rings is 1. The number of carbonyl (C=O) groups is 1. The summed E-state index contributed by atoms with van der Waals surface area (Å²) >= 11 is 5.51. The van der Waals surface area contributed by atoms with Gasteiger partial charge in [0.1, 0.15) is 0 Å². The van der Waals surface area contributed by atoms with Crippen molar-refractivity contribution >= 4 is 23.2 Å². The Bertz CT molecular complexity index is 540. The van der Waals surface area contributed by atoms with Crippen LogP contribution in [0.4, 0.5) is 5.69 Å². The first-order chi connectivity index (χ1) is 8.70. The number of rotatable bonds is 4. The molecule has 1 amide bonds. The average Bonchev–Trinajstić information content (AvgIpc) is 2.85. The fourth-order valence-electron chi connectivity index (χ4n) is 1.53. The predicted octanol–water partition coefficient (Wildman–Crippen LogP) is 2.61. The van der Waals surface area contributed by atoms with Crippen molar-refractivity contribution in [2.24, 2.45) is 0 Å². The van der Waals surface area contributed by atoms with Crippen LogP contribution in [0.2, 0.25) is 0 Å². The number of aryl methyl sites for hydroxylation is 1. The van der Waals surface area contributed by atoms with Crippen LogP contribution in [0.3, 0.4) is 0 Å². The molecule has 0 saturated carbocycles. The third-order valence-corrected chi connectivity index (χ3v) is 2.62. The average molecular weight is 266 g/mol. The molecule has 1 aromatic carbocycles. The molecule has 0 bridgehead atoms. The minimum Gasteiger partial charge on any atom is -0.423 e. The van der Waals surface area contributed by atoms with Gasteiger partial charge in [-0.2, -0.15) is 0 Å². The summed E-state index contributed by atoms with van der Waals surface area (Å²) in [4.78, 5) is 11.4. The molecule has 18 heavy (non-hydrogen) atoms. The molecule has 6 heteroatoms. The number of carbonyl (C=O) groups excluding carboxylic acids is 1. The first kappa shape index (κ1) is 12.6. The molecule has 0 fully saturated rings. The fourth-order valence-corrected chi connectivity index (χ4v) is 1.71. The molecular formula is C12H12ClN3O2. The summed E-state index contributed by atoms with van der Waals surface area (Å²) in [5.74, 6) is 0.667. The fraction of sp³-hybridized carbons (Fsp3) is 0.250. The Morgan fingerprint density at radius 1 is 1.50 bits per heavy atom. The molecule has 0 unspecified atom stereocenters. The number of nitrogens with one attached hydrogen (secondary N) is 1. The Morgan fingerprint density at radius 3 is 2.94 bits per heavy atom. The summed E-state index contributed by atoms with van der Waals surface area (Å²) in [6, 6.07) is 5.50. The number of alkyl halides is 1. The molecule has 1 aromatic heterocycles. The van der Waals surface area contributed by atoms with Gasteiger partial charge in [0.2, 0.25) is 18.2 Å². The van der Waals surface area contributed by atoms with Gasteiger partial charge in [0, 0.05) is 23.6 Å². The maximum absolute atomic E-state index is 11.4. The summed E-state index contributed by atoms with van der Waals surface area (Å²) in [6.07, 6.45) is 1.58. The standard InChI is InChI=1S/C12H12ClN3O2/c1-8-6-9(12-16-14-7-18-12)2-3-10(8)15-11(17)4-5-13/h2-3,6-7H,4-5H2,1H3,(H,15,17). The first-order valence-electron chi connectivity index (χ1n) is 5.43. The lowest BCUT2D eigenvalue weighted by atomic mass is 10.1. The Labute approximate surface area is 109 Å². The van der Waals surface area contributed by atoms with Crippen LogP contribution in [-0.2, 0) is 4.79 Å². The Kier molecular flexibility index (Phi) is 3.94. The molecule has 5 nitrogen and oxygen atoms in total. The van der Waals surface area contributed by atoms with Gasteiger partial charge in [0.25, 0.3) is 0 Å². The van der Waals surface area contributed by atoms with Gasteiger partial charge < -0.3 is 9.73 Å². The molecule has 0 aliphatic heterocycles. The molecule has 1 heterocycles. The number of hydrogen-bond acceptors (Lipinski definition) is 4.